The molecule has 0 saturated heterocycles. The number of aromatic nitrogens is 2. The molecule has 0 radical (unpaired) electrons. The van der Waals surface area contributed by atoms with Crippen LogP contribution in [0, 0.1) is 0 Å². The van der Waals surface area contributed by atoms with Crippen molar-refractivity contribution in [2.45, 2.75) is 52.1 Å². The topological polar surface area (TPSA) is 122 Å². The van der Waals surface area contributed by atoms with E-state index in [2.05, 4.69) is 28.2 Å². The van der Waals surface area contributed by atoms with Crippen molar-refractivity contribution < 1.29 is 14.4 Å². The maximum atomic E-state index is 12.8. The second-order valence-corrected chi connectivity index (χ2v) is 8.08. The van der Waals surface area contributed by atoms with E-state index in [1.54, 1.807) is 55.5 Å². The van der Waals surface area contributed by atoms with Crippen LogP contribution in [-0.4, -0.2) is 33.5 Å². The van der Waals surface area contributed by atoms with Crippen LogP contribution >= 0.6 is 0 Å². The van der Waals surface area contributed by atoms with Gasteiger partial charge in [0.05, 0.1) is 5.39 Å². The summed E-state index contributed by atoms with van der Waals surface area (Å²) in [7, 11) is 0. The van der Waals surface area contributed by atoms with Crippen molar-refractivity contribution in [1.29, 1.82) is 0 Å². The summed E-state index contributed by atoms with van der Waals surface area (Å²) in [5, 5.41) is 7.82. The number of hydrogen-bond acceptors (Lipinski definition) is 5. The maximum absolute atomic E-state index is 12.8. The third-order valence-corrected chi connectivity index (χ3v) is 5.28. The molecule has 0 fully saturated rings. The predicted octanol–water partition coefficient (Wildman–Crippen LogP) is 2.56. The summed E-state index contributed by atoms with van der Waals surface area (Å²) in [6.45, 7) is 4.17. The molecule has 0 aliphatic carbocycles. The molecule has 3 rings (SSSR count). The summed E-state index contributed by atoms with van der Waals surface area (Å²) in [6, 6.07) is 15.0. The quantitative estimate of drug-likeness (QED) is 0.333. The molecule has 0 spiro atoms. The summed E-state index contributed by atoms with van der Waals surface area (Å²) < 4.78 is 1.30. The van der Waals surface area contributed by atoms with Gasteiger partial charge in [0, 0.05) is 30.0 Å². The molecule has 3 aromatic rings. The fourth-order valence-corrected chi connectivity index (χ4v) is 3.53. The zero-order chi connectivity index (χ0) is 24.5. The smallest absolute Gasteiger partial charge is 0.290 e. The average Bonchev–Trinajstić information content (AvgIpc) is 2.84. The Balaban J connectivity index is 1.64. The number of aryl methyl sites for hydroxylation is 1. The molecule has 3 N–H and O–H groups in total. The van der Waals surface area contributed by atoms with E-state index in [4.69, 9.17) is 0 Å². The van der Waals surface area contributed by atoms with E-state index >= 15 is 0 Å². The molecule has 0 aliphatic rings. The molecule has 2 aromatic carbocycles. The van der Waals surface area contributed by atoms with Gasteiger partial charge in [-0.2, -0.15) is 5.10 Å². The Bertz CT molecular complexity index is 1220. The highest BCUT2D eigenvalue weighted by atomic mass is 16.2. The molecule has 178 valence electrons. The third-order valence-electron chi connectivity index (χ3n) is 5.28. The number of nitrogens with one attached hydrogen (secondary N) is 3. The monoisotopic (exact) mass is 463 g/mol. The molecule has 3 amide bonds. The van der Waals surface area contributed by atoms with Crippen molar-refractivity contribution in [3.63, 3.8) is 0 Å². The van der Waals surface area contributed by atoms with Gasteiger partial charge in [0.15, 0.2) is 5.69 Å². The molecular weight excluding hydrogens is 434 g/mol. The summed E-state index contributed by atoms with van der Waals surface area (Å²) in [6.07, 6.45) is 2.67. The zero-order valence-corrected chi connectivity index (χ0v) is 19.3. The minimum absolute atomic E-state index is 0.0381. The van der Waals surface area contributed by atoms with E-state index in [1.165, 1.54) is 4.68 Å². The van der Waals surface area contributed by atoms with Gasteiger partial charge in [0.25, 0.3) is 17.4 Å². The average molecular weight is 464 g/mol. The van der Waals surface area contributed by atoms with Crippen LogP contribution in [0.3, 0.4) is 0 Å². The summed E-state index contributed by atoms with van der Waals surface area (Å²) >= 11 is 0. The van der Waals surface area contributed by atoms with Gasteiger partial charge in [0.1, 0.15) is 0 Å². The highest BCUT2D eigenvalue weighted by molar-refractivity contribution is 6.05. The number of nitrogens with zero attached hydrogens (tertiary/aromatic N) is 2. The number of unbranched alkanes of at least 4 members (excludes halogenated alkanes) is 2. The van der Waals surface area contributed by atoms with Crippen molar-refractivity contribution in [2.75, 3.05) is 0 Å². The molecule has 34 heavy (non-hydrogen) atoms. The highest BCUT2D eigenvalue weighted by Crippen LogP contribution is 2.13. The number of hydrogen-bond donors (Lipinski definition) is 3. The first-order valence-corrected chi connectivity index (χ1v) is 11.4. The highest BCUT2D eigenvalue weighted by Gasteiger charge is 2.18. The molecule has 9 heteroatoms. The summed E-state index contributed by atoms with van der Waals surface area (Å²) in [5.74, 6) is -1.39. The fourth-order valence-electron chi connectivity index (χ4n) is 3.53. The Morgan fingerprint density at radius 3 is 2.29 bits per heavy atom. The van der Waals surface area contributed by atoms with Crippen molar-refractivity contribution in [2.24, 2.45) is 0 Å². The molecular formula is C25H29N5O4. The van der Waals surface area contributed by atoms with E-state index in [0.717, 1.165) is 19.3 Å². The third kappa shape index (κ3) is 6.28. The second kappa shape index (κ2) is 11.7. The van der Waals surface area contributed by atoms with Gasteiger partial charge >= 0.3 is 0 Å². The Labute approximate surface area is 197 Å². The normalized spacial score (nSPS) is 11.6. The lowest BCUT2D eigenvalue weighted by molar-refractivity contribution is -0.122. The van der Waals surface area contributed by atoms with E-state index in [1.807, 2.05) is 6.07 Å². The molecule has 1 atom stereocenters. The van der Waals surface area contributed by atoms with Crippen LogP contribution in [0.4, 0.5) is 0 Å². The van der Waals surface area contributed by atoms with Gasteiger partial charge in [-0.3, -0.25) is 30.0 Å². The molecule has 1 aromatic heterocycles. The van der Waals surface area contributed by atoms with Crippen LogP contribution in [-0.2, 0) is 11.3 Å². The van der Waals surface area contributed by atoms with Gasteiger partial charge < -0.3 is 5.32 Å². The number of carbonyl (C=O) groups is 3. The minimum atomic E-state index is -0.630. The molecule has 1 heterocycles. The van der Waals surface area contributed by atoms with E-state index in [-0.39, 0.29) is 23.6 Å². The van der Waals surface area contributed by atoms with Crippen LogP contribution in [0.5, 0.6) is 0 Å². The van der Waals surface area contributed by atoms with E-state index in [9.17, 15) is 19.2 Å². The van der Waals surface area contributed by atoms with Gasteiger partial charge in [0.2, 0.25) is 5.91 Å². The minimum Gasteiger partial charge on any atom is -0.349 e. The lowest BCUT2D eigenvalue weighted by Gasteiger charge is -2.15. The maximum Gasteiger partial charge on any atom is 0.290 e. The van der Waals surface area contributed by atoms with Crippen LogP contribution < -0.4 is 21.7 Å². The predicted molar refractivity (Wildman–Crippen MR) is 129 cm³/mol. The number of hydrazine groups is 1. The number of carbonyl (C=O) groups excluding carboxylic acids is 3. The van der Waals surface area contributed by atoms with Crippen molar-refractivity contribution in [3.8, 4) is 0 Å². The van der Waals surface area contributed by atoms with Gasteiger partial charge in [-0.05, 0) is 31.5 Å². The van der Waals surface area contributed by atoms with Gasteiger partial charge in [-0.25, -0.2) is 4.68 Å². The number of benzene rings is 2. The van der Waals surface area contributed by atoms with Gasteiger partial charge in [-0.1, -0.05) is 56.2 Å². The van der Waals surface area contributed by atoms with Crippen LogP contribution in [0.2, 0.25) is 0 Å². The Morgan fingerprint density at radius 2 is 1.59 bits per heavy atom. The molecule has 0 bridgehead atoms. The number of amides is 3. The van der Waals surface area contributed by atoms with Crippen molar-refractivity contribution >= 4 is 28.5 Å². The standard InChI is InChI=1S/C25H29N5O4/c1-3-4-10-15-30-25(34)20-14-9-8-13-19(20)22(29-30)24(33)28-27-21(31)16-17(2)26-23(32)18-11-6-5-7-12-18/h5-9,11-14,17H,3-4,10,15-16H2,1-2H3,(H,26,32)(H,27,31)(H,28,33). The number of rotatable bonds is 9. The Hall–Kier alpha value is -4.01. The zero-order valence-electron chi connectivity index (χ0n) is 19.3. The van der Waals surface area contributed by atoms with Crippen LogP contribution in [0.1, 0.15) is 60.4 Å². The first kappa shape index (κ1) is 24.6. The molecule has 0 aliphatic heterocycles. The summed E-state index contributed by atoms with van der Waals surface area (Å²) in [5.41, 5.74) is 5.02. The Morgan fingerprint density at radius 1 is 0.912 bits per heavy atom. The molecule has 0 saturated carbocycles. The summed E-state index contributed by atoms with van der Waals surface area (Å²) in [4.78, 5) is 50.1. The van der Waals surface area contributed by atoms with Crippen LogP contribution in [0.25, 0.3) is 10.8 Å². The van der Waals surface area contributed by atoms with E-state index in [0.29, 0.717) is 22.9 Å². The fraction of sp³-hybridized carbons (Fsp3) is 0.320. The second-order valence-electron chi connectivity index (χ2n) is 8.08. The van der Waals surface area contributed by atoms with Crippen LogP contribution in [0.15, 0.2) is 59.4 Å². The Kier molecular flexibility index (Phi) is 8.50. The lowest BCUT2D eigenvalue weighted by Crippen LogP contribution is -2.45. The largest absolute Gasteiger partial charge is 0.349 e. The lowest BCUT2D eigenvalue weighted by atomic mass is 10.1. The first-order chi connectivity index (χ1) is 16.4. The molecule has 1 unspecified atom stereocenters. The van der Waals surface area contributed by atoms with Gasteiger partial charge in [-0.15, -0.1) is 0 Å². The SMILES string of the molecule is CCCCCn1nc(C(=O)NNC(=O)CC(C)NC(=O)c2ccccc2)c2ccccc2c1=O. The number of fused-ring (bicyclic) bond motifs is 1. The van der Waals surface area contributed by atoms with E-state index < -0.39 is 17.9 Å². The van der Waals surface area contributed by atoms with Crippen molar-refractivity contribution in [1.82, 2.24) is 25.9 Å². The van der Waals surface area contributed by atoms with Crippen molar-refractivity contribution in [3.05, 3.63) is 76.2 Å². The first-order valence-electron chi connectivity index (χ1n) is 11.4. The molecule has 9 nitrogen and oxygen atoms in total.